The molecule has 0 amide bonds. The second-order valence-electron chi connectivity index (χ2n) is 13.2. The summed E-state index contributed by atoms with van der Waals surface area (Å²) in [7, 11) is 0. The fourth-order valence-corrected chi connectivity index (χ4v) is 7.91. The number of rotatable bonds is 6. The van der Waals surface area contributed by atoms with Gasteiger partial charge >= 0.3 is 0 Å². The van der Waals surface area contributed by atoms with Crippen LogP contribution in [0.1, 0.15) is 0 Å². The van der Waals surface area contributed by atoms with E-state index in [1.54, 1.807) is 0 Å². The van der Waals surface area contributed by atoms with Gasteiger partial charge in [-0.25, -0.2) is 0 Å². The van der Waals surface area contributed by atoms with Crippen LogP contribution < -0.4 is 4.90 Å². The molecule has 0 atom stereocenters. The number of fused-ring (bicyclic) bond motifs is 5. The highest BCUT2D eigenvalue weighted by Gasteiger charge is 2.24. The Morgan fingerprint density at radius 1 is 0.288 bits per heavy atom. The monoisotopic (exact) mass is 663 g/mol. The second kappa shape index (κ2) is 12.5. The van der Waals surface area contributed by atoms with Crippen LogP contribution in [-0.2, 0) is 0 Å². The van der Waals surface area contributed by atoms with Crippen LogP contribution >= 0.6 is 0 Å². The highest BCUT2D eigenvalue weighted by atomic mass is 16.3. The Labute approximate surface area is 302 Å². The van der Waals surface area contributed by atoms with Gasteiger partial charge in [-0.3, -0.25) is 0 Å². The molecule has 0 saturated carbocycles. The van der Waals surface area contributed by atoms with Gasteiger partial charge in [-0.15, -0.1) is 0 Å². The summed E-state index contributed by atoms with van der Waals surface area (Å²) in [5.41, 5.74) is 12.1. The molecule has 0 fully saturated rings. The summed E-state index contributed by atoms with van der Waals surface area (Å²) >= 11 is 0. The summed E-state index contributed by atoms with van der Waals surface area (Å²) in [6, 6.07) is 71.7. The smallest absolute Gasteiger partial charge is 0.137 e. The van der Waals surface area contributed by atoms with E-state index in [1.807, 2.05) is 6.07 Å². The second-order valence-corrected chi connectivity index (χ2v) is 13.2. The average Bonchev–Trinajstić information content (AvgIpc) is 3.61. The third kappa shape index (κ3) is 4.96. The summed E-state index contributed by atoms with van der Waals surface area (Å²) in [5.74, 6) is 0. The zero-order chi connectivity index (χ0) is 34.4. The van der Waals surface area contributed by atoms with Crippen molar-refractivity contribution in [2.24, 2.45) is 0 Å². The van der Waals surface area contributed by atoms with Crippen LogP contribution in [0.3, 0.4) is 0 Å². The lowest BCUT2D eigenvalue weighted by molar-refractivity contribution is 0.669. The van der Waals surface area contributed by atoms with Crippen LogP contribution in [0.15, 0.2) is 205 Å². The van der Waals surface area contributed by atoms with Crippen LogP contribution in [0.2, 0.25) is 0 Å². The maximum absolute atomic E-state index is 6.46. The predicted octanol–water partition coefficient (Wildman–Crippen LogP) is 14.4. The summed E-state index contributed by atoms with van der Waals surface area (Å²) in [4.78, 5) is 2.44. The van der Waals surface area contributed by atoms with Crippen molar-refractivity contribution in [3.8, 4) is 33.4 Å². The lowest BCUT2D eigenvalue weighted by atomic mass is 9.94. The number of benzene rings is 9. The molecule has 52 heavy (non-hydrogen) atoms. The fraction of sp³-hybridized carbons (Fsp3) is 0. The van der Waals surface area contributed by atoms with E-state index in [4.69, 9.17) is 4.42 Å². The molecule has 10 rings (SSSR count). The summed E-state index contributed by atoms with van der Waals surface area (Å²) in [6.07, 6.45) is 0. The Bertz CT molecular complexity index is 2910. The minimum absolute atomic E-state index is 0.864. The largest absolute Gasteiger partial charge is 0.456 e. The first-order valence-electron chi connectivity index (χ1n) is 17.8. The Balaban J connectivity index is 1.21. The van der Waals surface area contributed by atoms with Gasteiger partial charge in [-0.05, 0) is 74.1 Å². The maximum Gasteiger partial charge on any atom is 0.137 e. The quantitative estimate of drug-likeness (QED) is 0.176. The Kier molecular flexibility index (Phi) is 7.18. The van der Waals surface area contributed by atoms with Crippen molar-refractivity contribution < 1.29 is 4.42 Å². The third-order valence-corrected chi connectivity index (χ3v) is 10.3. The molecule has 10 aromatic rings. The zero-order valence-corrected chi connectivity index (χ0v) is 28.4. The van der Waals surface area contributed by atoms with E-state index in [9.17, 15) is 0 Å². The van der Waals surface area contributed by atoms with Gasteiger partial charge in [0.15, 0.2) is 0 Å². The SMILES string of the molecule is c1ccc(N(c2ccccc2-c2cccc3ccccc23)c2cccc3oc4ccccc4c23)c(-c2ccc(-c3cccc4ccccc34)cc2)c1. The molecule has 0 aliphatic rings. The first-order valence-corrected chi connectivity index (χ1v) is 17.8. The van der Waals surface area contributed by atoms with Gasteiger partial charge in [-0.1, -0.05) is 170 Å². The van der Waals surface area contributed by atoms with Crippen molar-refractivity contribution >= 4 is 60.5 Å². The van der Waals surface area contributed by atoms with Crippen LogP contribution in [0.25, 0.3) is 76.9 Å². The van der Waals surface area contributed by atoms with E-state index in [1.165, 1.54) is 38.2 Å². The topological polar surface area (TPSA) is 16.4 Å². The Morgan fingerprint density at radius 2 is 0.731 bits per heavy atom. The van der Waals surface area contributed by atoms with Gasteiger partial charge in [0, 0.05) is 16.5 Å². The molecule has 0 spiro atoms. The number of hydrogen-bond donors (Lipinski definition) is 0. The van der Waals surface area contributed by atoms with Crippen LogP contribution in [0, 0.1) is 0 Å². The molecule has 0 radical (unpaired) electrons. The molecule has 0 bridgehead atoms. The minimum Gasteiger partial charge on any atom is -0.456 e. The summed E-state index contributed by atoms with van der Waals surface area (Å²) in [5, 5.41) is 7.13. The van der Waals surface area contributed by atoms with Crippen molar-refractivity contribution in [2.45, 2.75) is 0 Å². The van der Waals surface area contributed by atoms with E-state index in [-0.39, 0.29) is 0 Å². The van der Waals surface area contributed by atoms with Crippen LogP contribution in [0.5, 0.6) is 0 Å². The van der Waals surface area contributed by atoms with E-state index < -0.39 is 0 Å². The molecular formula is C50H33NO. The maximum atomic E-state index is 6.46. The van der Waals surface area contributed by atoms with Crippen molar-refractivity contribution in [1.82, 2.24) is 0 Å². The lowest BCUT2D eigenvalue weighted by Gasteiger charge is -2.30. The predicted molar refractivity (Wildman–Crippen MR) is 220 cm³/mol. The normalized spacial score (nSPS) is 11.5. The Hall–Kier alpha value is -6.90. The number of anilines is 3. The number of furan rings is 1. The molecule has 2 nitrogen and oxygen atoms in total. The highest BCUT2D eigenvalue weighted by molar-refractivity contribution is 6.15. The lowest BCUT2D eigenvalue weighted by Crippen LogP contribution is -2.13. The fourth-order valence-electron chi connectivity index (χ4n) is 7.91. The van der Waals surface area contributed by atoms with Gasteiger partial charge in [0.1, 0.15) is 11.2 Å². The highest BCUT2D eigenvalue weighted by Crippen LogP contribution is 2.49. The number of hydrogen-bond acceptors (Lipinski definition) is 2. The third-order valence-electron chi connectivity index (χ3n) is 10.3. The molecule has 1 aromatic heterocycles. The van der Waals surface area contributed by atoms with Gasteiger partial charge < -0.3 is 9.32 Å². The van der Waals surface area contributed by atoms with Gasteiger partial charge in [-0.2, -0.15) is 0 Å². The average molecular weight is 664 g/mol. The standard InChI is InChI=1S/C50H33NO/c1-3-18-38-34(14-1)16-11-23-39(38)36-30-32-37(33-31-36)41-20-5-8-25-45(41)51(47-27-13-29-49-50(47)44-22-7-10-28-48(44)52-49)46-26-9-6-21-43(46)42-24-12-17-35-15-2-4-19-40(35)42/h1-33H. The number of para-hydroxylation sites is 3. The molecule has 0 unspecified atom stereocenters. The minimum atomic E-state index is 0.864. The molecule has 0 aliphatic heterocycles. The van der Waals surface area contributed by atoms with Crippen molar-refractivity contribution in [3.05, 3.63) is 200 Å². The van der Waals surface area contributed by atoms with Crippen molar-refractivity contribution in [2.75, 3.05) is 4.90 Å². The summed E-state index contributed by atoms with van der Waals surface area (Å²) < 4.78 is 6.46. The van der Waals surface area contributed by atoms with Crippen molar-refractivity contribution in [1.29, 1.82) is 0 Å². The zero-order valence-electron chi connectivity index (χ0n) is 28.4. The molecule has 0 saturated heterocycles. The summed E-state index contributed by atoms with van der Waals surface area (Å²) in [6.45, 7) is 0. The van der Waals surface area contributed by atoms with Gasteiger partial charge in [0.25, 0.3) is 0 Å². The molecule has 9 aromatic carbocycles. The van der Waals surface area contributed by atoms with Gasteiger partial charge in [0.2, 0.25) is 0 Å². The molecule has 2 heteroatoms. The molecule has 0 N–H and O–H groups in total. The van der Waals surface area contributed by atoms with E-state index >= 15 is 0 Å². The molecule has 244 valence electrons. The van der Waals surface area contributed by atoms with E-state index in [0.29, 0.717) is 0 Å². The Morgan fingerprint density at radius 3 is 1.46 bits per heavy atom. The molecule has 0 aliphatic carbocycles. The van der Waals surface area contributed by atoms with E-state index in [2.05, 4.69) is 199 Å². The van der Waals surface area contributed by atoms with Crippen LogP contribution in [0.4, 0.5) is 17.1 Å². The van der Waals surface area contributed by atoms with Crippen molar-refractivity contribution in [3.63, 3.8) is 0 Å². The molecule has 1 heterocycles. The van der Waals surface area contributed by atoms with Gasteiger partial charge in [0.05, 0.1) is 22.4 Å². The van der Waals surface area contributed by atoms with E-state index in [0.717, 1.165) is 55.7 Å². The molecular weight excluding hydrogens is 631 g/mol. The van der Waals surface area contributed by atoms with Crippen LogP contribution in [-0.4, -0.2) is 0 Å². The first-order chi connectivity index (χ1) is 25.8. The first kappa shape index (κ1) is 30.0. The number of nitrogens with zero attached hydrogens (tertiary/aromatic N) is 1.